The van der Waals surface area contributed by atoms with Crippen molar-refractivity contribution in [3.8, 4) is 0 Å². The van der Waals surface area contributed by atoms with Crippen LogP contribution in [0.1, 0.15) is 12.7 Å². The molecule has 0 saturated heterocycles. The number of nitrogens with one attached hydrogen (secondary N) is 1. The summed E-state index contributed by atoms with van der Waals surface area (Å²) in [5, 5.41) is 7.99. The predicted molar refractivity (Wildman–Crippen MR) is 66.1 cm³/mol. The molecule has 0 bridgehead atoms. The molecule has 0 atom stereocenters. The van der Waals surface area contributed by atoms with E-state index in [1.165, 1.54) is 0 Å². The van der Waals surface area contributed by atoms with Gasteiger partial charge in [-0.15, -0.1) is 0 Å². The summed E-state index contributed by atoms with van der Waals surface area (Å²) in [7, 11) is 1.76. The molecule has 0 radical (unpaired) electrons. The molecular weight excluding hydrogens is 256 g/mol. The van der Waals surface area contributed by atoms with E-state index in [1.807, 2.05) is 6.92 Å². The second-order valence-electron chi connectivity index (χ2n) is 3.93. The van der Waals surface area contributed by atoms with E-state index in [0.29, 0.717) is 23.8 Å². The van der Waals surface area contributed by atoms with Crippen molar-refractivity contribution in [2.45, 2.75) is 20.0 Å². The summed E-state index contributed by atoms with van der Waals surface area (Å²) >= 11 is 0. The van der Waals surface area contributed by atoms with E-state index >= 15 is 0 Å². The first kappa shape index (κ1) is 13.6. The Morgan fingerprint density at radius 2 is 2.21 bits per heavy atom. The Balaban J connectivity index is 2.26. The van der Waals surface area contributed by atoms with Gasteiger partial charge in [0.25, 0.3) is 6.43 Å². The van der Waals surface area contributed by atoms with Gasteiger partial charge in [0.2, 0.25) is 0 Å². The fraction of sp³-hybridized carbons (Fsp3) is 0.545. The lowest BCUT2D eigenvalue weighted by atomic mass is 10.3. The van der Waals surface area contributed by atoms with Gasteiger partial charge in [0.05, 0.1) is 11.6 Å². The topological polar surface area (TPSA) is 64.9 Å². The Morgan fingerprint density at radius 1 is 1.42 bits per heavy atom. The van der Waals surface area contributed by atoms with Gasteiger partial charge in [-0.3, -0.25) is 4.68 Å². The van der Waals surface area contributed by atoms with Crippen LogP contribution in [0, 0.1) is 0 Å². The first-order valence-corrected chi connectivity index (χ1v) is 5.90. The Kier molecular flexibility index (Phi) is 4.20. The van der Waals surface area contributed by atoms with E-state index in [1.54, 1.807) is 17.9 Å². The quantitative estimate of drug-likeness (QED) is 0.864. The lowest BCUT2D eigenvalue weighted by molar-refractivity contribution is 0.00779. The normalized spacial score (nSPS) is 11.4. The molecule has 19 heavy (non-hydrogen) atoms. The molecule has 104 valence electrons. The zero-order chi connectivity index (χ0) is 13.8. The maximum absolute atomic E-state index is 12.0. The van der Waals surface area contributed by atoms with Gasteiger partial charge in [0, 0.05) is 13.6 Å². The Bertz CT molecular complexity index is 557. The maximum Gasteiger partial charge on any atom is 0.261 e. The lowest BCUT2D eigenvalue weighted by Gasteiger charge is -2.07. The van der Waals surface area contributed by atoms with Gasteiger partial charge in [0.1, 0.15) is 19.0 Å². The van der Waals surface area contributed by atoms with Crippen molar-refractivity contribution in [3.05, 3.63) is 12.0 Å². The molecule has 0 aliphatic heterocycles. The molecule has 2 aromatic heterocycles. The molecule has 0 spiro atoms. The summed E-state index contributed by atoms with van der Waals surface area (Å²) in [4.78, 5) is 8.51. The summed E-state index contributed by atoms with van der Waals surface area (Å²) in [6.07, 6.45) is -0.828. The largest absolute Gasteiger partial charge is 0.370 e. The van der Waals surface area contributed by atoms with Crippen LogP contribution in [-0.4, -0.2) is 39.3 Å². The van der Waals surface area contributed by atoms with Crippen LogP contribution in [0.15, 0.2) is 6.20 Å². The number of hydrogen-bond donors (Lipinski definition) is 1. The van der Waals surface area contributed by atoms with Crippen LogP contribution >= 0.6 is 0 Å². The highest BCUT2D eigenvalue weighted by molar-refractivity contribution is 5.86. The number of halogens is 2. The molecule has 0 saturated carbocycles. The van der Waals surface area contributed by atoms with Crippen LogP contribution in [-0.2, 0) is 18.4 Å². The maximum atomic E-state index is 12.0. The van der Waals surface area contributed by atoms with Gasteiger partial charge in [-0.05, 0) is 6.92 Å². The number of hydrogen-bond acceptors (Lipinski definition) is 5. The van der Waals surface area contributed by atoms with Crippen molar-refractivity contribution in [3.63, 3.8) is 0 Å². The van der Waals surface area contributed by atoms with Crippen LogP contribution in [0.4, 0.5) is 14.6 Å². The van der Waals surface area contributed by atoms with Crippen molar-refractivity contribution >= 4 is 16.9 Å². The second kappa shape index (κ2) is 5.87. The molecule has 6 nitrogen and oxygen atoms in total. The number of fused-ring (bicyclic) bond motifs is 1. The van der Waals surface area contributed by atoms with Crippen LogP contribution in [0.2, 0.25) is 0 Å². The number of nitrogens with zero attached hydrogens (tertiary/aromatic N) is 4. The van der Waals surface area contributed by atoms with Crippen molar-refractivity contribution in [1.29, 1.82) is 0 Å². The first-order chi connectivity index (χ1) is 9.11. The molecule has 0 aromatic carbocycles. The molecule has 8 heteroatoms. The zero-order valence-electron chi connectivity index (χ0n) is 10.7. The molecule has 0 unspecified atom stereocenters. The number of aromatic nitrogens is 4. The van der Waals surface area contributed by atoms with Crippen molar-refractivity contribution in [2.75, 3.05) is 18.5 Å². The van der Waals surface area contributed by atoms with Crippen LogP contribution in [0.25, 0.3) is 11.0 Å². The number of anilines is 1. The van der Waals surface area contributed by atoms with Crippen LogP contribution < -0.4 is 5.32 Å². The summed E-state index contributed by atoms with van der Waals surface area (Å²) in [6.45, 7) is 1.96. The number of ether oxygens (including phenoxy) is 1. The van der Waals surface area contributed by atoms with E-state index < -0.39 is 13.0 Å². The van der Waals surface area contributed by atoms with Crippen LogP contribution in [0.3, 0.4) is 0 Å². The minimum absolute atomic E-state index is 0.0517. The summed E-state index contributed by atoms with van der Waals surface area (Å²) in [6, 6.07) is 0. The summed E-state index contributed by atoms with van der Waals surface area (Å²) in [5.41, 5.74) is 0.640. The minimum atomic E-state index is -2.49. The highest BCUT2D eigenvalue weighted by Gasteiger charge is 2.11. The van der Waals surface area contributed by atoms with Gasteiger partial charge in [0.15, 0.2) is 11.5 Å². The molecule has 2 aromatic rings. The van der Waals surface area contributed by atoms with Crippen molar-refractivity contribution in [2.24, 2.45) is 7.05 Å². The molecule has 0 fully saturated rings. The molecule has 2 heterocycles. The van der Waals surface area contributed by atoms with Gasteiger partial charge < -0.3 is 10.1 Å². The predicted octanol–water partition coefficient (Wildman–Crippen LogP) is 1.58. The molecule has 0 amide bonds. The Morgan fingerprint density at radius 3 is 2.89 bits per heavy atom. The average Bonchev–Trinajstić information content (AvgIpc) is 2.72. The summed E-state index contributed by atoms with van der Waals surface area (Å²) in [5.74, 6) is 0.990. The number of rotatable bonds is 6. The van der Waals surface area contributed by atoms with E-state index in [2.05, 4.69) is 20.4 Å². The zero-order valence-corrected chi connectivity index (χ0v) is 10.7. The molecule has 2 rings (SSSR count). The van der Waals surface area contributed by atoms with E-state index in [0.717, 1.165) is 5.39 Å². The lowest BCUT2D eigenvalue weighted by Crippen LogP contribution is -2.09. The van der Waals surface area contributed by atoms with E-state index in [-0.39, 0.29) is 6.61 Å². The molecule has 0 aliphatic carbocycles. The average molecular weight is 271 g/mol. The second-order valence-corrected chi connectivity index (χ2v) is 3.93. The third kappa shape index (κ3) is 3.14. The van der Waals surface area contributed by atoms with Gasteiger partial charge in [-0.1, -0.05) is 0 Å². The summed E-state index contributed by atoms with van der Waals surface area (Å²) < 4.78 is 30.5. The fourth-order valence-electron chi connectivity index (χ4n) is 1.67. The minimum Gasteiger partial charge on any atom is -0.370 e. The highest BCUT2D eigenvalue weighted by atomic mass is 19.3. The third-order valence-electron chi connectivity index (χ3n) is 2.46. The fourth-order valence-corrected chi connectivity index (χ4v) is 1.67. The first-order valence-electron chi connectivity index (χ1n) is 5.90. The monoisotopic (exact) mass is 271 g/mol. The van der Waals surface area contributed by atoms with E-state index in [4.69, 9.17) is 4.74 Å². The van der Waals surface area contributed by atoms with Gasteiger partial charge in [-0.2, -0.15) is 5.10 Å². The molecular formula is C11H15F2N5O. The van der Waals surface area contributed by atoms with Gasteiger partial charge >= 0.3 is 0 Å². The van der Waals surface area contributed by atoms with Crippen molar-refractivity contribution < 1.29 is 13.5 Å². The van der Waals surface area contributed by atoms with Crippen LogP contribution in [0.5, 0.6) is 0 Å². The molecule has 1 N–H and O–H groups in total. The standard InChI is InChI=1S/C11H15F2N5O/c1-3-14-10-7-4-15-18(2)11(7)17-9(16-10)6-19-5-8(12)13/h4,8H,3,5-6H2,1-2H3,(H,14,16,17). The van der Waals surface area contributed by atoms with Gasteiger partial charge in [-0.25, -0.2) is 18.7 Å². The Labute approximate surface area is 108 Å². The number of alkyl halides is 2. The molecule has 0 aliphatic rings. The smallest absolute Gasteiger partial charge is 0.261 e. The van der Waals surface area contributed by atoms with Crippen molar-refractivity contribution in [1.82, 2.24) is 19.7 Å². The number of aryl methyl sites for hydroxylation is 1. The Hall–Kier alpha value is -1.83. The third-order valence-corrected chi connectivity index (χ3v) is 2.46. The van der Waals surface area contributed by atoms with E-state index in [9.17, 15) is 8.78 Å². The SMILES string of the molecule is CCNc1nc(COCC(F)F)nc2c1cnn2C. The highest BCUT2D eigenvalue weighted by Crippen LogP contribution is 2.19.